The summed E-state index contributed by atoms with van der Waals surface area (Å²) in [6.45, 7) is 1.91. The average molecular weight is 388 g/mol. The Morgan fingerprint density at radius 3 is 2.20 bits per heavy atom. The summed E-state index contributed by atoms with van der Waals surface area (Å²) < 4.78 is 57.2. The normalized spacial score (nSPS) is 21.0. The molecule has 0 aromatic heterocycles. The molecule has 25 heavy (non-hydrogen) atoms. The highest BCUT2D eigenvalue weighted by Gasteiger charge is 2.46. The summed E-state index contributed by atoms with van der Waals surface area (Å²) in [7, 11) is -5.37. The van der Waals surface area contributed by atoms with E-state index in [1.165, 1.54) is 17.5 Å². The molecule has 0 bridgehead atoms. The van der Waals surface area contributed by atoms with Crippen LogP contribution in [0.2, 0.25) is 0 Å². The zero-order chi connectivity index (χ0) is 18.2. The van der Waals surface area contributed by atoms with Crippen molar-refractivity contribution < 1.29 is 21.6 Å². The minimum absolute atomic E-state index is 0.0617. The zero-order valence-electron chi connectivity index (χ0n) is 14.6. The molecule has 140 valence electrons. The van der Waals surface area contributed by atoms with Gasteiger partial charge in [-0.25, -0.2) is 16.8 Å². The van der Waals surface area contributed by atoms with E-state index in [9.17, 15) is 16.8 Å². The Kier molecular flexibility index (Phi) is 5.14. The molecule has 0 radical (unpaired) electrons. The number of sulfonamides is 1. The van der Waals surface area contributed by atoms with Crippen molar-refractivity contribution in [3.63, 3.8) is 0 Å². The van der Waals surface area contributed by atoms with Gasteiger partial charge in [0.2, 0.25) is 10.0 Å². The summed E-state index contributed by atoms with van der Waals surface area (Å²) in [5.41, 5.74) is 0.732. The Bertz CT molecular complexity index is 836. The minimum atomic E-state index is -3.66. The summed E-state index contributed by atoms with van der Waals surface area (Å²) in [6, 6.07) is 4.69. The van der Waals surface area contributed by atoms with Crippen molar-refractivity contribution in [2.75, 3.05) is 20.2 Å². The van der Waals surface area contributed by atoms with Gasteiger partial charge in [-0.05, 0) is 43.5 Å². The molecule has 2 aliphatic rings. The topological polar surface area (TPSA) is 80.8 Å². The molecule has 0 amide bonds. The van der Waals surface area contributed by atoms with Crippen molar-refractivity contribution in [3.05, 3.63) is 23.8 Å². The fourth-order valence-electron chi connectivity index (χ4n) is 3.63. The van der Waals surface area contributed by atoms with Gasteiger partial charge in [0.1, 0.15) is 5.75 Å². The second-order valence-electron chi connectivity index (χ2n) is 6.92. The number of rotatable bonds is 5. The lowest BCUT2D eigenvalue weighted by Gasteiger charge is -2.39. The summed E-state index contributed by atoms with van der Waals surface area (Å²) >= 11 is 0. The summed E-state index contributed by atoms with van der Waals surface area (Å²) in [4.78, 5) is 0.180. The van der Waals surface area contributed by atoms with E-state index in [1.54, 1.807) is 19.1 Å². The third-order valence-electron chi connectivity index (χ3n) is 5.30. The minimum Gasteiger partial charge on any atom is -0.496 e. The van der Waals surface area contributed by atoms with Crippen molar-refractivity contribution >= 4 is 19.9 Å². The van der Waals surface area contributed by atoms with Crippen LogP contribution in [0.4, 0.5) is 0 Å². The molecule has 0 atom stereocenters. The van der Waals surface area contributed by atoms with Gasteiger partial charge in [-0.3, -0.25) is 0 Å². The fraction of sp³-hybridized carbons (Fsp3) is 0.647. The van der Waals surface area contributed by atoms with Gasteiger partial charge in [0.25, 0.3) is 0 Å². The van der Waals surface area contributed by atoms with Crippen LogP contribution < -0.4 is 4.74 Å². The van der Waals surface area contributed by atoms with E-state index in [-0.39, 0.29) is 23.2 Å². The number of aryl methyl sites for hydroxylation is 1. The highest BCUT2D eigenvalue weighted by Crippen LogP contribution is 2.33. The molecule has 2 fully saturated rings. The average Bonchev–Trinajstić information content (AvgIpc) is 2.53. The highest BCUT2D eigenvalue weighted by molar-refractivity contribution is 7.93. The van der Waals surface area contributed by atoms with Crippen LogP contribution in [0.15, 0.2) is 23.1 Å². The maximum atomic E-state index is 12.7. The van der Waals surface area contributed by atoms with Crippen LogP contribution >= 0.6 is 0 Å². The van der Waals surface area contributed by atoms with Crippen LogP contribution in [0, 0.1) is 6.92 Å². The van der Waals surface area contributed by atoms with Crippen LogP contribution in [0.3, 0.4) is 0 Å². The third kappa shape index (κ3) is 3.44. The molecule has 1 saturated carbocycles. The van der Waals surface area contributed by atoms with Gasteiger partial charge < -0.3 is 4.74 Å². The van der Waals surface area contributed by atoms with E-state index in [4.69, 9.17) is 4.74 Å². The van der Waals surface area contributed by atoms with Crippen LogP contribution in [0.25, 0.3) is 0 Å². The Morgan fingerprint density at radius 2 is 1.64 bits per heavy atom. The number of hydrogen-bond donors (Lipinski definition) is 0. The van der Waals surface area contributed by atoms with Gasteiger partial charge in [0.05, 0.1) is 22.5 Å². The lowest BCUT2D eigenvalue weighted by molar-refractivity contribution is 0.306. The number of benzene rings is 1. The quantitative estimate of drug-likeness (QED) is 0.773. The molecule has 1 aromatic carbocycles. The molecule has 1 aliphatic carbocycles. The Labute approximate surface area is 150 Å². The monoisotopic (exact) mass is 387 g/mol. The van der Waals surface area contributed by atoms with Gasteiger partial charge >= 0.3 is 0 Å². The van der Waals surface area contributed by atoms with Crippen molar-refractivity contribution in [3.8, 4) is 5.75 Å². The molecule has 0 unspecified atom stereocenters. The molecule has 1 aromatic rings. The van der Waals surface area contributed by atoms with Crippen molar-refractivity contribution in [1.82, 2.24) is 4.31 Å². The number of nitrogens with zero attached hydrogens (tertiary/aromatic N) is 1. The van der Waals surface area contributed by atoms with Crippen LogP contribution in [-0.2, 0) is 19.9 Å². The first-order chi connectivity index (χ1) is 11.8. The predicted molar refractivity (Wildman–Crippen MR) is 96.1 cm³/mol. The van der Waals surface area contributed by atoms with E-state index >= 15 is 0 Å². The Balaban J connectivity index is 1.71. The smallest absolute Gasteiger partial charge is 0.243 e. The molecule has 8 heteroatoms. The fourth-order valence-corrected chi connectivity index (χ4v) is 7.75. The second-order valence-corrected chi connectivity index (χ2v) is 11.4. The van der Waals surface area contributed by atoms with Crippen LogP contribution in [-0.4, -0.2) is 51.8 Å². The lowest BCUT2D eigenvalue weighted by Crippen LogP contribution is -2.58. The molecule has 1 saturated heterocycles. The highest BCUT2D eigenvalue weighted by atomic mass is 32.2. The largest absolute Gasteiger partial charge is 0.496 e. The predicted octanol–water partition coefficient (Wildman–Crippen LogP) is 2.12. The van der Waals surface area contributed by atoms with E-state index in [0.29, 0.717) is 18.6 Å². The number of methoxy groups -OCH3 is 1. The van der Waals surface area contributed by atoms with Crippen molar-refractivity contribution in [2.24, 2.45) is 0 Å². The first kappa shape index (κ1) is 18.7. The number of hydrogen-bond acceptors (Lipinski definition) is 5. The molecule has 0 N–H and O–H groups in total. The standard InChI is InChI=1S/C17H25NO5S2/c1-13-10-15(8-9-17(13)23-2)25(21,22)18-11-16(12-18)24(19,20)14-6-4-3-5-7-14/h8-10,14,16H,3-7,11-12H2,1-2H3. The molecule has 6 nitrogen and oxygen atoms in total. The van der Waals surface area contributed by atoms with E-state index in [2.05, 4.69) is 0 Å². The second kappa shape index (κ2) is 6.89. The summed E-state index contributed by atoms with van der Waals surface area (Å²) in [5, 5.41) is -0.857. The van der Waals surface area contributed by atoms with Crippen LogP contribution in [0.1, 0.15) is 37.7 Å². The zero-order valence-corrected chi connectivity index (χ0v) is 16.3. The van der Waals surface area contributed by atoms with E-state index in [1.807, 2.05) is 0 Å². The van der Waals surface area contributed by atoms with Gasteiger partial charge in [-0.1, -0.05) is 19.3 Å². The molecular weight excluding hydrogens is 362 g/mol. The molecule has 3 rings (SSSR count). The van der Waals surface area contributed by atoms with Gasteiger partial charge in [0.15, 0.2) is 9.84 Å². The third-order valence-corrected chi connectivity index (χ3v) is 9.76. The van der Waals surface area contributed by atoms with Crippen molar-refractivity contribution in [1.29, 1.82) is 0 Å². The summed E-state index contributed by atoms with van der Waals surface area (Å²) in [5.74, 6) is 0.625. The van der Waals surface area contributed by atoms with Crippen molar-refractivity contribution in [2.45, 2.75) is 54.4 Å². The van der Waals surface area contributed by atoms with Gasteiger partial charge in [0, 0.05) is 13.1 Å². The maximum absolute atomic E-state index is 12.7. The van der Waals surface area contributed by atoms with Crippen LogP contribution in [0.5, 0.6) is 5.75 Å². The van der Waals surface area contributed by atoms with E-state index in [0.717, 1.165) is 24.8 Å². The molecular formula is C17H25NO5S2. The van der Waals surface area contributed by atoms with E-state index < -0.39 is 25.1 Å². The number of ether oxygens (including phenoxy) is 1. The molecule has 1 heterocycles. The maximum Gasteiger partial charge on any atom is 0.243 e. The lowest BCUT2D eigenvalue weighted by atomic mass is 10.0. The molecule has 1 aliphatic heterocycles. The van der Waals surface area contributed by atoms with Gasteiger partial charge in [-0.15, -0.1) is 0 Å². The Morgan fingerprint density at radius 1 is 1.00 bits per heavy atom. The molecule has 0 spiro atoms. The number of sulfone groups is 1. The SMILES string of the molecule is COc1ccc(S(=O)(=O)N2CC(S(=O)(=O)C3CCCCC3)C2)cc1C. The summed E-state index contributed by atoms with van der Waals surface area (Å²) in [6.07, 6.45) is 4.41. The Hall–Kier alpha value is -1.12. The van der Waals surface area contributed by atoms with Gasteiger partial charge in [-0.2, -0.15) is 4.31 Å². The first-order valence-electron chi connectivity index (χ1n) is 8.64. The first-order valence-corrected chi connectivity index (χ1v) is 11.7.